The van der Waals surface area contributed by atoms with Crippen molar-refractivity contribution in [1.29, 1.82) is 0 Å². The van der Waals surface area contributed by atoms with Gasteiger partial charge in [0.1, 0.15) is 11.5 Å². The highest BCUT2D eigenvalue weighted by Crippen LogP contribution is 2.39. The van der Waals surface area contributed by atoms with E-state index in [2.05, 4.69) is 20.8 Å². The zero-order chi connectivity index (χ0) is 24.1. The third-order valence-electron chi connectivity index (χ3n) is 5.74. The van der Waals surface area contributed by atoms with Crippen LogP contribution in [0.25, 0.3) is 5.76 Å². The van der Waals surface area contributed by atoms with Gasteiger partial charge in [0.2, 0.25) is 0 Å². The van der Waals surface area contributed by atoms with Crippen molar-refractivity contribution < 1.29 is 19.4 Å². The Labute approximate surface area is 196 Å². The van der Waals surface area contributed by atoms with E-state index in [0.717, 1.165) is 12.0 Å². The highest BCUT2D eigenvalue weighted by molar-refractivity contribution is 6.46. The zero-order valence-corrected chi connectivity index (χ0v) is 20.2. The number of Topliss-reactive ketones (excluding diaryl/α,β-unsaturated/α-hetero) is 1. The number of aryl methyl sites for hydroxylation is 1. The van der Waals surface area contributed by atoms with Gasteiger partial charge in [-0.15, -0.1) is 0 Å². The number of rotatable bonds is 9. The van der Waals surface area contributed by atoms with Crippen molar-refractivity contribution >= 4 is 17.4 Å². The second-order valence-electron chi connectivity index (χ2n) is 9.12. The molecule has 1 saturated heterocycles. The first-order valence-electron chi connectivity index (χ1n) is 11.5. The Hall–Kier alpha value is -3.12. The molecule has 0 aromatic heterocycles. The number of benzene rings is 2. The second kappa shape index (κ2) is 10.7. The Balaban J connectivity index is 2.02. The Morgan fingerprint density at radius 3 is 2.24 bits per heavy atom. The predicted molar refractivity (Wildman–Crippen MR) is 130 cm³/mol. The molecule has 1 aliphatic heterocycles. The van der Waals surface area contributed by atoms with Crippen LogP contribution in [0.15, 0.2) is 54.1 Å². The normalized spacial score (nSPS) is 17.9. The van der Waals surface area contributed by atoms with Gasteiger partial charge in [-0.25, -0.2) is 0 Å². The van der Waals surface area contributed by atoms with Gasteiger partial charge < -0.3 is 19.6 Å². The number of likely N-dealkylation sites (tertiary alicyclic amines) is 1. The average Bonchev–Trinajstić information content (AvgIpc) is 3.06. The molecule has 2 aromatic rings. The van der Waals surface area contributed by atoms with E-state index in [1.54, 1.807) is 29.2 Å². The van der Waals surface area contributed by atoms with Gasteiger partial charge in [-0.1, -0.05) is 45.0 Å². The maximum Gasteiger partial charge on any atom is 0.295 e. The molecule has 6 nitrogen and oxygen atoms in total. The number of ketones is 1. The van der Waals surface area contributed by atoms with Crippen molar-refractivity contribution in [3.05, 3.63) is 70.8 Å². The van der Waals surface area contributed by atoms with Crippen molar-refractivity contribution in [2.45, 2.75) is 33.2 Å². The molecule has 0 aliphatic carbocycles. The van der Waals surface area contributed by atoms with E-state index < -0.39 is 17.7 Å². The number of amides is 1. The largest absolute Gasteiger partial charge is 0.507 e. The van der Waals surface area contributed by atoms with Gasteiger partial charge in [-0.3, -0.25) is 9.59 Å². The molecule has 0 saturated carbocycles. The fraction of sp³-hybridized carbons (Fsp3) is 0.407. The summed E-state index contributed by atoms with van der Waals surface area (Å²) in [6.45, 7) is 7.81. The number of aliphatic hydroxyl groups is 1. The molecule has 176 valence electrons. The van der Waals surface area contributed by atoms with Crippen LogP contribution in [0.3, 0.4) is 0 Å². The van der Waals surface area contributed by atoms with E-state index in [0.29, 0.717) is 36.9 Å². The van der Waals surface area contributed by atoms with E-state index in [-0.39, 0.29) is 11.3 Å². The predicted octanol–water partition coefficient (Wildman–Crippen LogP) is 4.27. The van der Waals surface area contributed by atoms with Crippen LogP contribution in [0.4, 0.5) is 0 Å². The van der Waals surface area contributed by atoms with Crippen LogP contribution >= 0.6 is 0 Å². The van der Waals surface area contributed by atoms with Gasteiger partial charge in [0.15, 0.2) is 0 Å². The number of hydrogen-bond acceptors (Lipinski definition) is 5. The maximum atomic E-state index is 13.1. The number of hydrogen-bond donors (Lipinski definition) is 1. The first kappa shape index (κ1) is 24.5. The Morgan fingerprint density at radius 2 is 1.70 bits per heavy atom. The molecular weight excluding hydrogens is 416 g/mol. The van der Waals surface area contributed by atoms with Crippen molar-refractivity contribution in [3.8, 4) is 5.75 Å². The van der Waals surface area contributed by atoms with Gasteiger partial charge in [0, 0.05) is 18.7 Å². The van der Waals surface area contributed by atoms with E-state index in [1.165, 1.54) is 5.56 Å². The number of carbonyl (C=O) groups excluding carboxylic acids is 2. The van der Waals surface area contributed by atoms with Crippen molar-refractivity contribution in [2.75, 3.05) is 33.8 Å². The molecule has 2 aromatic carbocycles. The molecule has 1 heterocycles. The topological polar surface area (TPSA) is 70.1 Å². The molecule has 1 N–H and O–H groups in total. The van der Waals surface area contributed by atoms with E-state index in [1.807, 2.05) is 43.3 Å². The van der Waals surface area contributed by atoms with Crippen molar-refractivity contribution in [1.82, 2.24) is 9.80 Å². The smallest absolute Gasteiger partial charge is 0.295 e. The number of aliphatic hydroxyl groups excluding tert-OH is 1. The van der Waals surface area contributed by atoms with E-state index >= 15 is 0 Å². The average molecular weight is 451 g/mol. The summed E-state index contributed by atoms with van der Waals surface area (Å²) in [5.41, 5.74) is 2.58. The third kappa shape index (κ3) is 5.63. The highest BCUT2D eigenvalue weighted by atomic mass is 16.5. The van der Waals surface area contributed by atoms with Gasteiger partial charge in [-0.05, 0) is 61.8 Å². The molecule has 1 atom stereocenters. The lowest BCUT2D eigenvalue weighted by molar-refractivity contribution is -0.140. The zero-order valence-electron chi connectivity index (χ0n) is 20.2. The quantitative estimate of drug-likeness (QED) is 0.351. The van der Waals surface area contributed by atoms with Gasteiger partial charge in [-0.2, -0.15) is 0 Å². The minimum Gasteiger partial charge on any atom is -0.507 e. The van der Waals surface area contributed by atoms with Crippen LogP contribution in [-0.2, 0) is 16.0 Å². The Kier molecular flexibility index (Phi) is 7.92. The summed E-state index contributed by atoms with van der Waals surface area (Å²) < 4.78 is 5.72. The third-order valence-corrected chi connectivity index (χ3v) is 5.74. The summed E-state index contributed by atoms with van der Waals surface area (Å²) >= 11 is 0. The lowest BCUT2D eigenvalue weighted by Gasteiger charge is -2.26. The van der Waals surface area contributed by atoms with Crippen LogP contribution in [0.5, 0.6) is 5.75 Å². The summed E-state index contributed by atoms with van der Waals surface area (Å²) in [5.74, 6) is -0.315. The first-order chi connectivity index (χ1) is 15.7. The number of nitrogens with zero attached hydrogens (tertiary/aromatic N) is 2. The molecule has 0 radical (unpaired) electrons. The molecule has 0 unspecified atom stereocenters. The fourth-order valence-electron chi connectivity index (χ4n) is 3.83. The number of carbonyl (C=O) groups is 2. The molecule has 6 heteroatoms. The lowest BCUT2D eigenvalue weighted by Crippen LogP contribution is -2.35. The number of likely N-dealkylation sites (N-methyl/N-ethyl adjacent to an activating group) is 1. The summed E-state index contributed by atoms with van der Waals surface area (Å²) in [7, 11) is 3.84. The standard InChI is InChI=1S/C27H34N2O4/c1-6-19-7-9-20(10-8-19)24-23(26(31)27(32)29(24)16-15-28(4)5)25(30)21-11-13-22(14-12-21)33-17-18(2)3/h7-14,18,24,30H,6,15-17H2,1-5H3/t24-/m1/s1. The lowest BCUT2D eigenvalue weighted by atomic mass is 9.94. The molecule has 0 spiro atoms. The summed E-state index contributed by atoms with van der Waals surface area (Å²) in [4.78, 5) is 29.6. The summed E-state index contributed by atoms with van der Waals surface area (Å²) in [5, 5.41) is 11.2. The molecule has 33 heavy (non-hydrogen) atoms. The Morgan fingerprint density at radius 1 is 1.06 bits per heavy atom. The van der Waals surface area contributed by atoms with Gasteiger partial charge in [0.05, 0.1) is 18.2 Å². The molecule has 1 aliphatic rings. The first-order valence-corrected chi connectivity index (χ1v) is 11.5. The summed E-state index contributed by atoms with van der Waals surface area (Å²) in [6, 6.07) is 14.2. The van der Waals surface area contributed by atoms with Crippen LogP contribution in [0.2, 0.25) is 0 Å². The van der Waals surface area contributed by atoms with Crippen LogP contribution < -0.4 is 4.74 Å². The minimum atomic E-state index is -0.657. The molecule has 3 rings (SSSR count). The monoisotopic (exact) mass is 450 g/mol. The maximum absolute atomic E-state index is 13.1. The van der Waals surface area contributed by atoms with Crippen molar-refractivity contribution in [3.63, 3.8) is 0 Å². The summed E-state index contributed by atoms with van der Waals surface area (Å²) in [6.07, 6.45) is 0.895. The minimum absolute atomic E-state index is 0.124. The van der Waals surface area contributed by atoms with Crippen molar-refractivity contribution in [2.24, 2.45) is 5.92 Å². The van der Waals surface area contributed by atoms with Crippen LogP contribution in [-0.4, -0.2) is 60.4 Å². The van der Waals surface area contributed by atoms with E-state index in [9.17, 15) is 14.7 Å². The highest BCUT2D eigenvalue weighted by Gasteiger charge is 2.45. The van der Waals surface area contributed by atoms with Crippen LogP contribution in [0, 0.1) is 5.92 Å². The molecule has 0 bridgehead atoms. The molecular formula is C27H34N2O4. The van der Waals surface area contributed by atoms with Gasteiger partial charge in [0.25, 0.3) is 11.7 Å². The molecule has 1 fully saturated rings. The second-order valence-corrected chi connectivity index (χ2v) is 9.12. The van der Waals surface area contributed by atoms with E-state index in [4.69, 9.17) is 4.74 Å². The SMILES string of the molecule is CCc1ccc([C@@H]2C(=C(O)c3ccc(OCC(C)C)cc3)C(=O)C(=O)N2CCN(C)C)cc1. The fourth-order valence-corrected chi connectivity index (χ4v) is 3.83. The van der Waals surface area contributed by atoms with Gasteiger partial charge >= 0.3 is 0 Å². The molecule has 1 amide bonds. The number of ether oxygens (including phenoxy) is 1. The Bertz CT molecular complexity index is 1010. The van der Waals surface area contributed by atoms with Crippen LogP contribution in [0.1, 0.15) is 43.5 Å².